The predicted molar refractivity (Wildman–Crippen MR) is 110 cm³/mol. The first-order valence-electron chi connectivity index (χ1n) is 9.36. The number of nitrogens with two attached hydrogens (primary N) is 1. The van der Waals surface area contributed by atoms with Gasteiger partial charge in [-0.25, -0.2) is 4.68 Å². The van der Waals surface area contributed by atoms with Crippen molar-refractivity contribution in [1.82, 2.24) is 25.5 Å². The van der Waals surface area contributed by atoms with Gasteiger partial charge in [-0.3, -0.25) is 4.79 Å². The first kappa shape index (κ1) is 25.0. The highest BCUT2D eigenvalue weighted by molar-refractivity contribution is 6.32. The highest BCUT2D eigenvalue weighted by atomic mass is 35.5. The van der Waals surface area contributed by atoms with Crippen molar-refractivity contribution in [3.8, 4) is 0 Å². The van der Waals surface area contributed by atoms with E-state index in [1.165, 1.54) is 4.68 Å². The first-order chi connectivity index (χ1) is 13.6. The molecule has 2 aromatic rings. The van der Waals surface area contributed by atoms with E-state index in [-0.39, 0.29) is 37.5 Å². The number of rotatable bonds is 13. The van der Waals surface area contributed by atoms with Gasteiger partial charge in [0.25, 0.3) is 0 Å². The monoisotopic (exact) mass is 426 g/mol. The van der Waals surface area contributed by atoms with E-state index in [0.29, 0.717) is 25.2 Å². The molecule has 1 unspecified atom stereocenters. The van der Waals surface area contributed by atoms with Gasteiger partial charge in [-0.2, -0.15) is 0 Å². The summed E-state index contributed by atoms with van der Waals surface area (Å²) in [7, 11) is -1.73. The van der Waals surface area contributed by atoms with E-state index in [4.69, 9.17) is 15.8 Å². The first-order valence-corrected chi connectivity index (χ1v) is 9.36. The molecule has 0 aliphatic carbocycles. The summed E-state index contributed by atoms with van der Waals surface area (Å²) in [5.41, 5.74) is 7.31. The fraction of sp³-hybridized carbons (Fsp3) is 0.529. The molecule has 1 amide bonds. The topological polar surface area (TPSA) is 148 Å². The highest BCUT2D eigenvalue weighted by Gasteiger charge is 2.17. The second-order valence-corrected chi connectivity index (χ2v) is 6.43. The van der Waals surface area contributed by atoms with E-state index in [1.54, 1.807) is 0 Å². The molecule has 0 aliphatic rings. The van der Waals surface area contributed by atoms with Crippen LogP contribution in [0.1, 0.15) is 43.1 Å². The van der Waals surface area contributed by atoms with Gasteiger partial charge in [-0.05, 0) is 35.3 Å². The Kier molecular flexibility index (Phi) is 12.1. The molecule has 0 spiro atoms. The van der Waals surface area contributed by atoms with Crippen LogP contribution < -0.4 is 11.1 Å². The van der Waals surface area contributed by atoms with Gasteiger partial charge in [0.05, 0.1) is 6.04 Å². The zero-order valence-corrected chi connectivity index (χ0v) is 17.0. The maximum atomic E-state index is 12.1. The van der Waals surface area contributed by atoms with Crippen LogP contribution in [0.25, 0.3) is 0 Å². The predicted octanol–water partition coefficient (Wildman–Crippen LogP) is 0.0001000. The number of tetrazole rings is 1. The lowest BCUT2D eigenvalue weighted by atomic mass is 10.1. The highest BCUT2D eigenvalue weighted by Crippen LogP contribution is 2.14. The number of amides is 1. The molecular formula is C17H28BClN6O4. The summed E-state index contributed by atoms with van der Waals surface area (Å²) in [4.78, 5) is 12.1. The average Bonchev–Trinajstić information content (AvgIpc) is 3.13. The average molecular weight is 427 g/mol. The maximum Gasteiger partial charge on any atom is 0.633 e. The lowest BCUT2D eigenvalue weighted by Crippen LogP contribution is -2.31. The fourth-order valence-corrected chi connectivity index (χ4v) is 2.73. The SMILES string of the molecule is Cl.NC(CCCCCOB(O)O)c1nnnn1CC(=O)NCCc1ccccc1. The van der Waals surface area contributed by atoms with Gasteiger partial charge in [0.2, 0.25) is 5.91 Å². The Balaban J connectivity index is 0.00000420. The molecule has 0 radical (unpaired) electrons. The van der Waals surface area contributed by atoms with E-state index < -0.39 is 7.32 Å². The van der Waals surface area contributed by atoms with Crippen molar-refractivity contribution in [2.75, 3.05) is 13.2 Å². The Bertz CT molecular complexity index is 706. The normalized spacial score (nSPS) is 11.6. The Morgan fingerprint density at radius 1 is 1.24 bits per heavy atom. The molecule has 5 N–H and O–H groups in total. The van der Waals surface area contributed by atoms with Crippen molar-refractivity contribution in [2.45, 2.75) is 44.7 Å². The molecule has 1 heterocycles. The molecule has 0 bridgehead atoms. The summed E-state index contributed by atoms with van der Waals surface area (Å²) in [5.74, 6) is 0.302. The second-order valence-electron chi connectivity index (χ2n) is 6.43. The van der Waals surface area contributed by atoms with Crippen LogP contribution >= 0.6 is 12.4 Å². The molecule has 1 atom stereocenters. The minimum Gasteiger partial charge on any atom is -0.402 e. The summed E-state index contributed by atoms with van der Waals surface area (Å²) in [5, 5.41) is 31.5. The van der Waals surface area contributed by atoms with Gasteiger partial charge in [0.15, 0.2) is 5.82 Å². The van der Waals surface area contributed by atoms with Gasteiger partial charge in [-0.1, -0.05) is 43.2 Å². The number of aromatic nitrogens is 4. The molecule has 1 aromatic carbocycles. The van der Waals surface area contributed by atoms with Crippen LogP contribution in [0.3, 0.4) is 0 Å². The van der Waals surface area contributed by atoms with Crippen LogP contribution in [0.2, 0.25) is 0 Å². The number of carbonyl (C=O) groups is 1. The third-order valence-electron chi connectivity index (χ3n) is 4.19. The third-order valence-corrected chi connectivity index (χ3v) is 4.19. The van der Waals surface area contributed by atoms with Gasteiger partial charge >= 0.3 is 7.32 Å². The zero-order chi connectivity index (χ0) is 20.2. The van der Waals surface area contributed by atoms with E-state index in [9.17, 15) is 4.79 Å². The molecule has 2 rings (SSSR count). The van der Waals surface area contributed by atoms with Crippen molar-refractivity contribution in [1.29, 1.82) is 0 Å². The van der Waals surface area contributed by atoms with Crippen molar-refractivity contribution in [3.05, 3.63) is 41.7 Å². The summed E-state index contributed by atoms with van der Waals surface area (Å²) >= 11 is 0. The number of nitrogens with one attached hydrogen (secondary N) is 1. The lowest BCUT2D eigenvalue weighted by molar-refractivity contribution is -0.121. The molecule has 0 saturated heterocycles. The number of hydrogen-bond acceptors (Lipinski definition) is 8. The summed E-state index contributed by atoms with van der Waals surface area (Å²) in [6.45, 7) is 0.831. The summed E-state index contributed by atoms with van der Waals surface area (Å²) < 4.78 is 6.07. The van der Waals surface area contributed by atoms with Gasteiger partial charge < -0.3 is 25.8 Å². The van der Waals surface area contributed by atoms with Crippen LogP contribution in [0.15, 0.2) is 30.3 Å². The minimum absolute atomic E-state index is 0. The Hall–Kier alpha value is -2.05. The van der Waals surface area contributed by atoms with E-state index in [1.807, 2.05) is 30.3 Å². The molecule has 160 valence electrons. The van der Waals surface area contributed by atoms with Crippen molar-refractivity contribution in [2.24, 2.45) is 5.73 Å². The number of nitrogens with zero attached hydrogens (tertiary/aromatic N) is 4. The summed E-state index contributed by atoms with van der Waals surface area (Å²) in [6, 6.07) is 9.55. The molecule has 10 nitrogen and oxygen atoms in total. The minimum atomic E-state index is -1.73. The van der Waals surface area contributed by atoms with Crippen LogP contribution in [-0.2, 0) is 22.4 Å². The molecule has 29 heavy (non-hydrogen) atoms. The van der Waals surface area contributed by atoms with Crippen LogP contribution in [0.4, 0.5) is 0 Å². The third kappa shape index (κ3) is 9.81. The van der Waals surface area contributed by atoms with E-state index in [2.05, 4.69) is 25.5 Å². The fourth-order valence-electron chi connectivity index (χ4n) is 2.73. The number of carbonyl (C=O) groups excluding carboxylic acids is 1. The Morgan fingerprint density at radius 2 is 2.00 bits per heavy atom. The molecule has 0 fully saturated rings. The standard InChI is InChI=1S/C17H27BN6O4.ClH/c19-15(9-5-2-6-12-28-18(26)27)17-21-22-23-24(17)13-16(25)20-11-10-14-7-3-1-4-8-14;/h1,3-4,7-8,15,26-27H,2,5-6,9-13,19H2,(H,20,25);1H. The van der Waals surface area contributed by atoms with E-state index >= 15 is 0 Å². The molecule has 0 saturated carbocycles. The number of unbranched alkanes of at least 4 members (excludes halogenated alkanes) is 2. The molecule has 1 aromatic heterocycles. The van der Waals surface area contributed by atoms with Crippen LogP contribution in [0, 0.1) is 0 Å². The second kappa shape index (κ2) is 14.0. The van der Waals surface area contributed by atoms with Crippen molar-refractivity contribution < 1.29 is 19.5 Å². The number of benzene rings is 1. The van der Waals surface area contributed by atoms with Gasteiger partial charge in [-0.15, -0.1) is 17.5 Å². The Labute approximate surface area is 176 Å². The van der Waals surface area contributed by atoms with Crippen LogP contribution in [-0.4, -0.2) is 56.6 Å². The smallest absolute Gasteiger partial charge is 0.402 e. The summed E-state index contributed by atoms with van der Waals surface area (Å²) in [6.07, 6.45) is 3.73. The van der Waals surface area contributed by atoms with E-state index in [0.717, 1.165) is 24.8 Å². The molecule has 0 aliphatic heterocycles. The molecule has 12 heteroatoms. The zero-order valence-electron chi connectivity index (χ0n) is 16.2. The number of halogens is 1. The van der Waals surface area contributed by atoms with Gasteiger partial charge in [0, 0.05) is 13.2 Å². The lowest BCUT2D eigenvalue weighted by Gasteiger charge is -2.12. The quantitative estimate of drug-likeness (QED) is 0.258. The Morgan fingerprint density at radius 3 is 2.72 bits per heavy atom. The van der Waals surface area contributed by atoms with Crippen LogP contribution in [0.5, 0.6) is 0 Å². The van der Waals surface area contributed by atoms with Crippen molar-refractivity contribution in [3.63, 3.8) is 0 Å². The molecular weight excluding hydrogens is 398 g/mol. The largest absolute Gasteiger partial charge is 0.633 e. The van der Waals surface area contributed by atoms with Crippen molar-refractivity contribution >= 4 is 25.6 Å². The maximum absolute atomic E-state index is 12.1. The van der Waals surface area contributed by atoms with Gasteiger partial charge in [0.1, 0.15) is 6.54 Å². The number of hydrogen-bond donors (Lipinski definition) is 4.